The lowest BCUT2D eigenvalue weighted by Crippen LogP contribution is -2.41. The van der Waals surface area contributed by atoms with Crippen molar-refractivity contribution in [1.82, 2.24) is 4.31 Å². The van der Waals surface area contributed by atoms with Crippen molar-refractivity contribution >= 4 is 38.9 Å². The Kier molecular flexibility index (Phi) is 7.62. The van der Waals surface area contributed by atoms with Crippen LogP contribution < -0.4 is 10.2 Å². The maximum absolute atomic E-state index is 12.8. The lowest BCUT2D eigenvalue weighted by molar-refractivity contribution is -0.120. The molecule has 168 valence electrons. The third-order valence-electron chi connectivity index (χ3n) is 5.71. The summed E-state index contributed by atoms with van der Waals surface area (Å²) in [6.07, 6.45) is 0.987. The van der Waals surface area contributed by atoms with E-state index in [-0.39, 0.29) is 16.7 Å². The van der Waals surface area contributed by atoms with Crippen LogP contribution in [-0.2, 0) is 14.8 Å². The van der Waals surface area contributed by atoms with Crippen LogP contribution in [0, 0.1) is 5.92 Å². The highest BCUT2D eigenvalue weighted by Crippen LogP contribution is 2.26. The van der Waals surface area contributed by atoms with E-state index >= 15 is 0 Å². The van der Waals surface area contributed by atoms with Crippen LogP contribution in [0.2, 0.25) is 5.02 Å². The monoisotopic (exact) mass is 463 g/mol. The molecule has 8 heteroatoms. The van der Waals surface area contributed by atoms with Crippen LogP contribution in [0.5, 0.6) is 0 Å². The Bertz CT molecular complexity index is 984. The number of nitrogens with one attached hydrogen (secondary N) is 1. The van der Waals surface area contributed by atoms with E-state index in [9.17, 15) is 13.2 Å². The van der Waals surface area contributed by atoms with E-state index in [0.717, 1.165) is 17.9 Å². The highest BCUT2D eigenvalue weighted by atomic mass is 35.5. The molecular formula is C23H30ClN3O3S. The maximum Gasteiger partial charge on any atom is 0.243 e. The van der Waals surface area contributed by atoms with Crippen LogP contribution in [0.25, 0.3) is 0 Å². The number of sulfonamides is 1. The van der Waals surface area contributed by atoms with Gasteiger partial charge in [0.15, 0.2) is 0 Å². The number of rotatable bonds is 7. The fourth-order valence-electron chi connectivity index (χ4n) is 3.94. The molecule has 1 N–H and O–H groups in total. The van der Waals surface area contributed by atoms with Gasteiger partial charge in [0.05, 0.1) is 4.90 Å². The van der Waals surface area contributed by atoms with Crippen LogP contribution >= 0.6 is 11.6 Å². The van der Waals surface area contributed by atoms with E-state index in [2.05, 4.69) is 31.0 Å². The van der Waals surface area contributed by atoms with E-state index < -0.39 is 10.0 Å². The summed E-state index contributed by atoms with van der Waals surface area (Å²) in [5.41, 5.74) is 1.88. The van der Waals surface area contributed by atoms with Crippen molar-refractivity contribution in [3.63, 3.8) is 0 Å². The molecule has 0 saturated carbocycles. The van der Waals surface area contributed by atoms with Crippen molar-refractivity contribution in [3.05, 3.63) is 53.6 Å². The van der Waals surface area contributed by atoms with E-state index in [1.54, 1.807) is 12.1 Å². The number of benzene rings is 2. The number of amides is 1. The number of hydrogen-bond donors (Lipinski definition) is 1. The van der Waals surface area contributed by atoms with Crippen molar-refractivity contribution in [2.24, 2.45) is 5.92 Å². The smallest absolute Gasteiger partial charge is 0.243 e. The van der Waals surface area contributed by atoms with Gasteiger partial charge in [0.25, 0.3) is 0 Å². The molecule has 1 aliphatic rings. The molecule has 0 radical (unpaired) electrons. The fraction of sp³-hybridized carbons (Fsp3) is 0.435. The van der Waals surface area contributed by atoms with Gasteiger partial charge in [-0.25, -0.2) is 8.42 Å². The lowest BCUT2D eigenvalue weighted by atomic mass is 9.97. The van der Waals surface area contributed by atoms with Gasteiger partial charge in [-0.05, 0) is 82.1 Å². The zero-order valence-corrected chi connectivity index (χ0v) is 19.8. The normalized spacial score (nSPS) is 15.8. The average molecular weight is 464 g/mol. The topological polar surface area (TPSA) is 69.7 Å². The minimum Gasteiger partial charge on any atom is -0.369 e. The summed E-state index contributed by atoms with van der Waals surface area (Å²) in [5, 5.41) is 3.47. The van der Waals surface area contributed by atoms with E-state index in [1.807, 2.05) is 24.3 Å². The molecule has 6 nitrogen and oxygen atoms in total. The summed E-state index contributed by atoms with van der Waals surface area (Å²) in [6, 6.07) is 14.4. The second kappa shape index (κ2) is 10.0. The van der Waals surface area contributed by atoms with Crippen molar-refractivity contribution in [1.29, 1.82) is 0 Å². The molecule has 2 aromatic carbocycles. The third kappa shape index (κ3) is 5.59. The second-order valence-electron chi connectivity index (χ2n) is 8.05. The third-order valence-corrected chi connectivity index (χ3v) is 7.87. The zero-order valence-electron chi connectivity index (χ0n) is 18.2. The van der Waals surface area contributed by atoms with Crippen molar-refractivity contribution < 1.29 is 13.2 Å². The highest BCUT2D eigenvalue weighted by molar-refractivity contribution is 7.89. The van der Waals surface area contributed by atoms with Gasteiger partial charge >= 0.3 is 0 Å². The quantitative estimate of drug-likeness (QED) is 0.650. The van der Waals surface area contributed by atoms with Gasteiger partial charge in [-0.15, -0.1) is 0 Å². The first-order valence-corrected chi connectivity index (χ1v) is 12.5. The number of hydrogen-bond acceptors (Lipinski definition) is 4. The molecule has 1 heterocycles. The van der Waals surface area contributed by atoms with Crippen LogP contribution in [0.4, 0.5) is 11.4 Å². The van der Waals surface area contributed by atoms with Gasteiger partial charge in [-0.1, -0.05) is 11.6 Å². The van der Waals surface area contributed by atoms with Gasteiger partial charge < -0.3 is 10.2 Å². The number of halogens is 1. The van der Waals surface area contributed by atoms with E-state index in [0.29, 0.717) is 37.0 Å². The van der Waals surface area contributed by atoms with Gasteiger partial charge in [0.2, 0.25) is 15.9 Å². The second-order valence-corrected chi connectivity index (χ2v) is 10.4. The molecule has 0 bridgehead atoms. The Morgan fingerprint density at radius 3 is 2.19 bits per heavy atom. The molecule has 0 unspecified atom stereocenters. The van der Waals surface area contributed by atoms with Crippen LogP contribution in [0.3, 0.4) is 0 Å². The first-order valence-electron chi connectivity index (χ1n) is 10.7. The van der Waals surface area contributed by atoms with Crippen molar-refractivity contribution in [2.45, 2.75) is 44.6 Å². The molecule has 0 aromatic heterocycles. The molecular weight excluding hydrogens is 434 g/mol. The van der Waals surface area contributed by atoms with Gasteiger partial charge in [-0.2, -0.15) is 4.31 Å². The van der Waals surface area contributed by atoms with Gasteiger partial charge in [-0.3, -0.25) is 4.79 Å². The number of piperidine rings is 1. The largest absolute Gasteiger partial charge is 0.369 e. The molecule has 0 atom stereocenters. The Morgan fingerprint density at radius 2 is 1.68 bits per heavy atom. The number of nitrogens with zero attached hydrogens (tertiary/aromatic N) is 2. The van der Waals surface area contributed by atoms with Crippen LogP contribution in [0.15, 0.2) is 53.4 Å². The van der Waals surface area contributed by atoms with Gasteiger partial charge in [0.1, 0.15) is 0 Å². The van der Waals surface area contributed by atoms with E-state index in [4.69, 9.17) is 11.6 Å². The molecule has 31 heavy (non-hydrogen) atoms. The maximum atomic E-state index is 12.8. The lowest BCUT2D eigenvalue weighted by Gasteiger charge is -2.30. The molecule has 0 spiro atoms. The summed E-state index contributed by atoms with van der Waals surface area (Å²) in [5.74, 6) is -0.272. The minimum atomic E-state index is -3.57. The first-order chi connectivity index (χ1) is 14.7. The Labute approximate surface area is 190 Å². The zero-order chi connectivity index (χ0) is 22.6. The Morgan fingerprint density at radius 1 is 1.10 bits per heavy atom. The molecule has 3 rings (SSSR count). The Hall–Kier alpha value is -2.09. The molecule has 1 amide bonds. The molecule has 1 aliphatic heterocycles. The summed E-state index contributed by atoms with van der Waals surface area (Å²) >= 11 is 5.86. The van der Waals surface area contributed by atoms with E-state index in [1.165, 1.54) is 16.4 Å². The van der Waals surface area contributed by atoms with Crippen LogP contribution in [-0.4, -0.2) is 44.3 Å². The standard InChI is InChI=1S/C23H30ClN3O3S/c1-4-27(17(2)3)21-9-7-20(8-10-21)25-23(28)18-13-15-26(16-14-18)31(29,30)22-11-5-19(24)6-12-22/h5-12,17-18H,4,13-16H2,1-3H3,(H,25,28). The predicted molar refractivity (Wildman–Crippen MR) is 126 cm³/mol. The van der Waals surface area contributed by atoms with Gasteiger partial charge in [0, 0.05) is 48.0 Å². The number of anilines is 2. The summed E-state index contributed by atoms with van der Waals surface area (Å²) in [4.78, 5) is 15.2. The SMILES string of the molecule is CCN(c1ccc(NC(=O)C2CCN(S(=O)(=O)c3ccc(Cl)cc3)CC2)cc1)C(C)C. The first kappa shape index (κ1) is 23.6. The number of carbonyl (C=O) groups excluding carboxylic acids is 1. The highest BCUT2D eigenvalue weighted by Gasteiger charge is 2.32. The van der Waals surface area contributed by atoms with Crippen molar-refractivity contribution in [2.75, 3.05) is 29.9 Å². The molecule has 0 aliphatic carbocycles. The Balaban J connectivity index is 1.57. The summed E-state index contributed by atoms with van der Waals surface area (Å²) < 4.78 is 27.1. The summed E-state index contributed by atoms with van der Waals surface area (Å²) in [7, 11) is -3.57. The van der Waals surface area contributed by atoms with Crippen LogP contribution in [0.1, 0.15) is 33.6 Å². The summed E-state index contributed by atoms with van der Waals surface area (Å²) in [6.45, 7) is 7.98. The molecule has 1 saturated heterocycles. The molecule has 2 aromatic rings. The number of carbonyl (C=O) groups is 1. The minimum absolute atomic E-state index is 0.0625. The molecule has 1 fully saturated rings. The van der Waals surface area contributed by atoms with Crippen molar-refractivity contribution in [3.8, 4) is 0 Å². The average Bonchev–Trinajstić information content (AvgIpc) is 2.75. The predicted octanol–water partition coefficient (Wildman–Crippen LogP) is 4.61. The fourth-order valence-corrected chi connectivity index (χ4v) is 5.54.